The summed E-state index contributed by atoms with van der Waals surface area (Å²) in [7, 11) is 1.63. The van der Waals surface area contributed by atoms with Gasteiger partial charge in [-0.1, -0.05) is 47.7 Å². The van der Waals surface area contributed by atoms with Crippen molar-refractivity contribution in [3.63, 3.8) is 0 Å². The lowest BCUT2D eigenvalue weighted by molar-refractivity contribution is 0.101. The zero-order valence-electron chi connectivity index (χ0n) is 22.9. The van der Waals surface area contributed by atoms with E-state index in [1.54, 1.807) is 55.8 Å². The first-order chi connectivity index (χ1) is 19.2. The van der Waals surface area contributed by atoms with Gasteiger partial charge in [0.1, 0.15) is 10.8 Å². The van der Waals surface area contributed by atoms with Crippen LogP contribution >= 0.6 is 11.8 Å². The van der Waals surface area contributed by atoms with Crippen LogP contribution in [-0.4, -0.2) is 29.3 Å². The van der Waals surface area contributed by atoms with Crippen LogP contribution in [0.5, 0.6) is 5.75 Å². The molecule has 5 rings (SSSR count). The van der Waals surface area contributed by atoms with Crippen LogP contribution in [0, 0.1) is 6.92 Å². The summed E-state index contributed by atoms with van der Waals surface area (Å²) >= 11 is 1.44. The van der Waals surface area contributed by atoms with Gasteiger partial charge in [0.2, 0.25) is 0 Å². The van der Waals surface area contributed by atoms with Gasteiger partial charge in [0.05, 0.1) is 12.7 Å². The van der Waals surface area contributed by atoms with Gasteiger partial charge in [0.25, 0.3) is 5.91 Å². The van der Waals surface area contributed by atoms with Crippen LogP contribution in [0.15, 0.2) is 101 Å². The molecule has 0 radical (unpaired) electrons. The predicted molar refractivity (Wildman–Crippen MR) is 160 cm³/mol. The van der Waals surface area contributed by atoms with Crippen molar-refractivity contribution >= 4 is 34.8 Å². The quantitative estimate of drug-likeness (QED) is 0.192. The Balaban J connectivity index is 1.37. The molecule has 0 fully saturated rings. The Bertz CT molecular complexity index is 1610. The van der Waals surface area contributed by atoms with E-state index < -0.39 is 0 Å². The molecule has 202 valence electrons. The number of nitrogens with zero attached hydrogens (tertiary/aromatic N) is 1. The van der Waals surface area contributed by atoms with Gasteiger partial charge in [-0.25, -0.2) is 4.98 Å². The molecule has 0 atom stereocenters. The molecular formula is C33H31N3O3S. The third-order valence-electron chi connectivity index (χ3n) is 6.64. The van der Waals surface area contributed by atoms with E-state index in [1.807, 2.05) is 43.3 Å². The zero-order valence-corrected chi connectivity index (χ0v) is 23.8. The summed E-state index contributed by atoms with van der Waals surface area (Å²) in [6.07, 6.45) is 4.13. The van der Waals surface area contributed by atoms with Crippen LogP contribution in [0.25, 0.3) is 5.70 Å². The molecule has 6 nitrogen and oxygen atoms in total. The van der Waals surface area contributed by atoms with Crippen LogP contribution < -0.4 is 15.4 Å². The maximum atomic E-state index is 13.4. The van der Waals surface area contributed by atoms with Crippen LogP contribution in [0.4, 0.5) is 5.69 Å². The summed E-state index contributed by atoms with van der Waals surface area (Å²) in [5, 5.41) is 7.05. The highest BCUT2D eigenvalue weighted by Gasteiger charge is 2.28. The normalized spacial score (nSPS) is 14.7. The molecule has 4 aromatic rings. The maximum absolute atomic E-state index is 13.4. The highest BCUT2D eigenvalue weighted by molar-refractivity contribution is 7.99. The number of aromatic nitrogens is 1. The van der Waals surface area contributed by atoms with Crippen LogP contribution in [0.1, 0.15) is 51.3 Å². The lowest BCUT2D eigenvalue weighted by atomic mass is 9.85. The molecule has 0 saturated carbocycles. The fraction of sp³-hybridized carbons (Fsp3) is 0.182. The molecule has 3 aromatic carbocycles. The van der Waals surface area contributed by atoms with Crippen molar-refractivity contribution < 1.29 is 14.3 Å². The van der Waals surface area contributed by atoms with E-state index in [0.29, 0.717) is 21.8 Å². The van der Waals surface area contributed by atoms with Crippen molar-refractivity contribution in [3.05, 3.63) is 119 Å². The number of carbonyl (C=O) groups is 2. The summed E-state index contributed by atoms with van der Waals surface area (Å²) in [5.74, 6) is 0.281. The molecule has 1 aliphatic rings. The number of aryl methyl sites for hydroxylation is 1. The standard InChI is InChI=1S/C33H31N3O3S/c1-21-10-14-26(15-11-21)40-32-27(9-6-16-34-32)31(38)35-24-8-5-7-22(17-24)30(37)19-29-28-18-25(39-4)13-12-23(28)20-33(2,3)36-29/h5-19,36H,20H2,1-4H3,(H,35,38)/b29-19-. The number of ether oxygens (including phenoxy) is 1. The smallest absolute Gasteiger partial charge is 0.258 e. The Labute approximate surface area is 238 Å². The highest BCUT2D eigenvalue weighted by Crippen LogP contribution is 2.33. The number of methoxy groups -OCH3 is 1. The summed E-state index contributed by atoms with van der Waals surface area (Å²) in [6, 6.07) is 24.5. The molecule has 1 aromatic heterocycles. The summed E-state index contributed by atoms with van der Waals surface area (Å²) < 4.78 is 5.42. The minimum atomic E-state index is -0.289. The van der Waals surface area contributed by atoms with Gasteiger partial charge < -0.3 is 15.4 Å². The second-order valence-electron chi connectivity index (χ2n) is 10.4. The maximum Gasteiger partial charge on any atom is 0.258 e. The van der Waals surface area contributed by atoms with Gasteiger partial charge in [-0.2, -0.15) is 0 Å². The van der Waals surface area contributed by atoms with Crippen molar-refractivity contribution in [1.29, 1.82) is 0 Å². The Morgan fingerprint density at radius 3 is 2.60 bits per heavy atom. The Morgan fingerprint density at radius 1 is 1.02 bits per heavy atom. The van der Waals surface area contributed by atoms with E-state index in [0.717, 1.165) is 33.9 Å². The summed E-state index contributed by atoms with van der Waals surface area (Å²) in [5.41, 5.74) is 5.28. The lowest BCUT2D eigenvalue weighted by Gasteiger charge is -2.35. The Morgan fingerprint density at radius 2 is 1.82 bits per heavy atom. The number of pyridine rings is 1. The number of rotatable bonds is 7. The van der Waals surface area contributed by atoms with Crippen molar-refractivity contribution in [2.24, 2.45) is 0 Å². The van der Waals surface area contributed by atoms with Gasteiger partial charge >= 0.3 is 0 Å². The lowest BCUT2D eigenvalue weighted by Crippen LogP contribution is -2.43. The number of carbonyl (C=O) groups excluding carboxylic acids is 2. The Hall–Kier alpha value is -4.36. The summed E-state index contributed by atoms with van der Waals surface area (Å²) in [6.45, 7) is 6.25. The van der Waals surface area contributed by atoms with E-state index >= 15 is 0 Å². The van der Waals surface area contributed by atoms with Crippen LogP contribution in [0.2, 0.25) is 0 Å². The van der Waals surface area contributed by atoms with Crippen molar-refractivity contribution in [2.45, 2.75) is 42.7 Å². The van der Waals surface area contributed by atoms with Crippen LogP contribution in [-0.2, 0) is 6.42 Å². The zero-order chi connectivity index (χ0) is 28.3. The number of nitrogens with one attached hydrogen (secondary N) is 2. The monoisotopic (exact) mass is 549 g/mol. The second kappa shape index (κ2) is 11.4. The highest BCUT2D eigenvalue weighted by atomic mass is 32.2. The second-order valence-corrected chi connectivity index (χ2v) is 11.5. The van der Waals surface area contributed by atoms with Gasteiger partial charge in [0, 0.05) is 45.2 Å². The van der Waals surface area contributed by atoms with Gasteiger partial charge in [-0.3, -0.25) is 9.59 Å². The molecular weight excluding hydrogens is 518 g/mol. The molecule has 0 unspecified atom stereocenters. The van der Waals surface area contributed by atoms with Crippen molar-refractivity contribution in [1.82, 2.24) is 10.3 Å². The third-order valence-corrected chi connectivity index (χ3v) is 7.67. The first kappa shape index (κ1) is 27.2. The predicted octanol–water partition coefficient (Wildman–Crippen LogP) is 6.95. The first-order valence-corrected chi connectivity index (χ1v) is 13.8. The molecule has 1 aliphatic heterocycles. The van der Waals surface area contributed by atoms with Gasteiger partial charge in [-0.15, -0.1) is 0 Å². The van der Waals surface area contributed by atoms with Gasteiger partial charge in [-0.05, 0) is 81.3 Å². The molecule has 2 N–H and O–H groups in total. The van der Waals surface area contributed by atoms with Crippen molar-refractivity contribution in [2.75, 3.05) is 12.4 Å². The number of hydrogen-bond donors (Lipinski definition) is 2. The van der Waals surface area contributed by atoms with Gasteiger partial charge in [0.15, 0.2) is 5.78 Å². The summed E-state index contributed by atoms with van der Waals surface area (Å²) in [4.78, 5) is 32.1. The SMILES string of the molecule is COc1ccc2c(c1)/C(=C/C(=O)c1cccc(NC(=O)c3cccnc3Sc3ccc(C)cc3)c1)NC(C)(C)C2. The van der Waals surface area contributed by atoms with Crippen molar-refractivity contribution in [3.8, 4) is 5.75 Å². The molecule has 1 amide bonds. The largest absolute Gasteiger partial charge is 0.497 e. The number of hydrogen-bond acceptors (Lipinski definition) is 6. The number of amides is 1. The molecule has 2 heterocycles. The number of anilines is 1. The Kier molecular flexibility index (Phi) is 7.76. The molecule has 7 heteroatoms. The van der Waals surface area contributed by atoms with E-state index in [-0.39, 0.29) is 17.2 Å². The average Bonchev–Trinajstić information content (AvgIpc) is 2.94. The molecule has 40 heavy (non-hydrogen) atoms. The minimum Gasteiger partial charge on any atom is -0.497 e. The molecule has 0 spiro atoms. The van der Waals surface area contributed by atoms with E-state index in [4.69, 9.17) is 4.74 Å². The van der Waals surface area contributed by atoms with E-state index in [2.05, 4.69) is 35.5 Å². The average molecular weight is 550 g/mol. The fourth-order valence-electron chi connectivity index (χ4n) is 4.68. The molecule has 0 aliphatic carbocycles. The number of allylic oxidation sites excluding steroid dienone is 1. The van der Waals surface area contributed by atoms with Crippen LogP contribution in [0.3, 0.4) is 0 Å². The number of fused-ring (bicyclic) bond motifs is 1. The number of benzene rings is 3. The topological polar surface area (TPSA) is 80.3 Å². The fourth-order valence-corrected chi connectivity index (χ4v) is 5.56. The minimum absolute atomic E-state index is 0.165. The first-order valence-electron chi connectivity index (χ1n) is 13.0. The van der Waals surface area contributed by atoms with E-state index in [9.17, 15) is 9.59 Å². The molecule has 0 saturated heterocycles. The third kappa shape index (κ3) is 6.26. The van der Waals surface area contributed by atoms with E-state index in [1.165, 1.54) is 17.3 Å². The number of ketones is 1. The molecule has 0 bridgehead atoms.